The number of hydrogen-bond donors (Lipinski definition) is 1. The van der Waals surface area contributed by atoms with Gasteiger partial charge in [-0.05, 0) is 48.0 Å². The number of carbonyl (C=O) groups excluding carboxylic acids is 1. The number of aromatic nitrogens is 1. The number of esters is 1. The van der Waals surface area contributed by atoms with E-state index in [1.165, 1.54) is 0 Å². The fraction of sp³-hybridized carbons (Fsp3) is 0.348. The van der Waals surface area contributed by atoms with Gasteiger partial charge in [0.25, 0.3) is 0 Å². The summed E-state index contributed by atoms with van der Waals surface area (Å²) in [6.07, 6.45) is 0. The van der Waals surface area contributed by atoms with E-state index in [4.69, 9.17) is 9.47 Å². The van der Waals surface area contributed by atoms with E-state index in [1.807, 2.05) is 43.3 Å². The van der Waals surface area contributed by atoms with Crippen molar-refractivity contribution in [3.05, 3.63) is 57.7 Å². The highest BCUT2D eigenvalue weighted by Crippen LogP contribution is 2.41. The SMILES string of the molecule is CCOC(=O)c1c(C)n(-c2ccccc2)c2cc(Br)c(O)c(CN3CCOCC3)c12. The standard InChI is InChI=1S/C23H25BrN2O4/c1-3-30-23(28)20-15(2)26(16-7-5-4-6-8-16)19-13-18(24)22(27)17(21(19)20)14-25-9-11-29-12-10-25/h4-8,13,27H,3,9-12,14H2,1-2H3. The Morgan fingerprint density at radius 3 is 2.60 bits per heavy atom. The second kappa shape index (κ2) is 8.79. The maximum atomic E-state index is 13.0. The molecule has 30 heavy (non-hydrogen) atoms. The molecule has 0 spiro atoms. The highest BCUT2D eigenvalue weighted by atomic mass is 79.9. The molecule has 0 bridgehead atoms. The molecule has 7 heteroatoms. The molecule has 1 aliphatic heterocycles. The maximum absolute atomic E-state index is 13.0. The third kappa shape index (κ3) is 3.73. The lowest BCUT2D eigenvalue weighted by atomic mass is 10.0. The van der Waals surface area contributed by atoms with E-state index in [0.29, 0.717) is 29.8 Å². The number of benzene rings is 2. The average molecular weight is 473 g/mol. The Hall–Kier alpha value is -2.35. The first-order chi connectivity index (χ1) is 14.5. The fourth-order valence-electron chi connectivity index (χ4n) is 4.11. The molecular formula is C23H25BrN2O4. The number of aromatic hydroxyl groups is 1. The summed E-state index contributed by atoms with van der Waals surface area (Å²) in [5.41, 5.74) is 3.82. The summed E-state index contributed by atoms with van der Waals surface area (Å²) in [7, 11) is 0. The van der Waals surface area contributed by atoms with Crippen molar-refractivity contribution in [1.29, 1.82) is 0 Å². The Labute approximate surface area is 184 Å². The Kier molecular flexibility index (Phi) is 6.13. The van der Waals surface area contributed by atoms with Crippen LogP contribution in [-0.4, -0.2) is 53.5 Å². The van der Waals surface area contributed by atoms with Crippen LogP contribution in [0.2, 0.25) is 0 Å². The van der Waals surface area contributed by atoms with Gasteiger partial charge in [-0.2, -0.15) is 0 Å². The molecule has 0 atom stereocenters. The van der Waals surface area contributed by atoms with Gasteiger partial charge in [0.05, 0.1) is 35.4 Å². The van der Waals surface area contributed by atoms with Crippen LogP contribution < -0.4 is 0 Å². The highest BCUT2D eigenvalue weighted by Gasteiger charge is 2.28. The van der Waals surface area contributed by atoms with Crippen LogP contribution in [0.15, 0.2) is 40.9 Å². The van der Waals surface area contributed by atoms with Crippen molar-refractivity contribution in [2.75, 3.05) is 32.9 Å². The van der Waals surface area contributed by atoms with Gasteiger partial charge in [0.2, 0.25) is 0 Å². The first kappa shape index (κ1) is 20.9. The molecule has 4 rings (SSSR count). The monoisotopic (exact) mass is 472 g/mol. The molecule has 0 radical (unpaired) electrons. The van der Waals surface area contributed by atoms with Crippen LogP contribution in [0.3, 0.4) is 0 Å². The summed E-state index contributed by atoms with van der Waals surface area (Å²) in [5, 5.41) is 11.7. The topological polar surface area (TPSA) is 63.9 Å². The molecule has 3 aromatic rings. The predicted molar refractivity (Wildman–Crippen MR) is 119 cm³/mol. The molecular weight excluding hydrogens is 448 g/mol. The fourth-order valence-corrected chi connectivity index (χ4v) is 4.56. The van der Waals surface area contributed by atoms with Crippen LogP contribution >= 0.6 is 15.9 Å². The molecule has 2 heterocycles. The maximum Gasteiger partial charge on any atom is 0.340 e. The average Bonchev–Trinajstić information content (AvgIpc) is 3.04. The summed E-state index contributed by atoms with van der Waals surface area (Å²) in [6.45, 7) is 7.41. The Balaban J connectivity index is 2.00. The van der Waals surface area contributed by atoms with Gasteiger partial charge in [-0.15, -0.1) is 0 Å². The normalized spacial score (nSPS) is 14.9. The summed E-state index contributed by atoms with van der Waals surface area (Å²) in [5.74, 6) is -0.218. The van der Waals surface area contributed by atoms with Gasteiger partial charge in [0, 0.05) is 42.0 Å². The first-order valence-corrected chi connectivity index (χ1v) is 10.9. The molecule has 158 valence electrons. The minimum atomic E-state index is -0.375. The number of para-hydroxylation sites is 1. The third-order valence-corrected chi connectivity index (χ3v) is 6.11. The zero-order valence-electron chi connectivity index (χ0n) is 17.2. The van der Waals surface area contributed by atoms with Crippen LogP contribution in [-0.2, 0) is 16.0 Å². The van der Waals surface area contributed by atoms with Crippen LogP contribution in [0.5, 0.6) is 5.75 Å². The zero-order valence-corrected chi connectivity index (χ0v) is 18.7. The van der Waals surface area contributed by atoms with E-state index in [-0.39, 0.29) is 18.3 Å². The molecule has 2 aromatic carbocycles. The molecule has 0 aliphatic carbocycles. The summed E-state index contributed by atoms with van der Waals surface area (Å²) in [4.78, 5) is 15.2. The molecule has 0 saturated carbocycles. The zero-order chi connectivity index (χ0) is 21.3. The van der Waals surface area contributed by atoms with Gasteiger partial charge in [0.1, 0.15) is 5.75 Å². The number of nitrogens with zero attached hydrogens (tertiary/aromatic N) is 2. The Bertz CT molecular complexity index is 1070. The smallest absolute Gasteiger partial charge is 0.340 e. The van der Waals surface area contributed by atoms with Gasteiger partial charge in [0.15, 0.2) is 0 Å². The quantitative estimate of drug-likeness (QED) is 0.556. The lowest BCUT2D eigenvalue weighted by molar-refractivity contribution is 0.0340. The highest BCUT2D eigenvalue weighted by molar-refractivity contribution is 9.10. The molecule has 1 aliphatic rings. The van der Waals surface area contributed by atoms with Crippen molar-refractivity contribution in [3.63, 3.8) is 0 Å². The van der Waals surface area contributed by atoms with Crippen LogP contribution in [0, 0.1) is 6.92 Å². The largest absolute Gasteiger partial charge is 0.506 e. The van der Waals surface area contributed by atoms with Crippen molar-refractivity contribution < 1.29 is 19.4 Å². The summed E-state index contributed by atoms with van der Waals surface area (Å²) < 4.78 is 13.5. The van der Waals surface area contributed by atoms with Gasteiger partial charge in [-0.25, -0.2) is 4.79 Å². The molecule has 1 fully saturated rings. The minimum Gasteiger partial charge on any atom is -0.506 e. The van der Waals surface area contributed by atoms with E-state index in [9.17, 15) is 9.90 Å². The van der Waals surface area contributed by atoms with E-state index in [2.05, 4.69) is 25.4 Å². The second-order valence-corrected chi connectivity index (χ2v) is 8.17. The van der Waals surface area contributed by atoms with E-state index in [1.54, 1.807) is 6.92 Å². The van der Waals surface area contributed by atoms with Gasteiger partial charge in [-0.1, -0.05) is 18.2 Å². The van der Waals surface area contributed by atoms with Gasteiger partial charge < -0.3 is 19.1 Å². The van der Waals surface area contributed by atoms with Crippen LogP contribution in [0.25, 0.3) is 16.6 Å². The third-order valence-electron chi connectivity index (χ3n) is 5.50. The number of phenols is 1. The summed E-state index contributed by atoms with van der Waals surface area (Å²) >= 11 is 3.52. The number of fused-ring (bicyclic) bond motifs is 1. The molecule has 6 nitrogen and oxygen atoms in total. The first-order valence-electron chi connectivity index (χ1n) is 10.1. The number of halogens is 1. The lowest BCUT2D eigenvalue weighted by Gasteiger charge is -2.27. The van der Waals surface area contributed by atoms with Crippen molar-refractivity contribution in [1.82, 2.24) is 9.47 Å². The number of ether oxygens (including phenoxy) is 2. The number of morpholine rings is 1. The molecule has 1 N–H and O–H groups in total. The van der Waals surface area contributed by atoms with E-state index in [0.717, 1.165) is 40.9 Å². The minimum absolute atomic E-state index is 0.157. The van der Waals surface area contributed by atoms with E-state index < -0.39 is 0 Å². The van der Waals surface area contributed by atoms with Crippen LogP contribution in [0.1, 0.15) is 28.5 Å². The number of rotatable bonds is 5. The number of hydrogen-bond acceptors (Lipinski definition) is 5. The second-order valence-electron chi connectivity index (χ2n) is 7.32. The van der Waals surface area contributed by atoms with E-state index >= 15 is 0 Å². The Morgan fingerprint density at radius 2 is 1.93 bits per heavy atom. The van der Waals surface area contributed by atoms with Gasteiger partial charge in [-0.3, -0.25) is 4.90 Å². The van der Waals surface area contributed by atoms with Crippen molar-refractivity contribution >= 4 is 32.8 Å². The molecule has 1 aromatic heterocycles. The molecule has 1 saturated heterocycles. The van der Waals surface area contributed by atoms with Crippen molar-refractivity contribution in [3.8, 4) is 11.4 Å². The van der Waals surface area contributed by atoms with Crippen molar-refractivity contribution in [2.45, 2.75) is 20.4 Å². The molecule has 0 amide bonds. The number of phenolic OH excluding ortho intramolecular Hbond substituents is 1. The predicted octanol–water partition coefficient (Wildman–Crippen LogP) is 4.42. The van der Waals surface area contributed by atoms with Gasteiger partial charge >= 0.3 is 5.97 Å². The number of carbonyl (C=O) groups is 1. The molecule has 0 unspecified atom stereocenters. The summed E-state index contributed by atoms with van der Waals surface area (Å²) in [6, 6.07) is 11.8. The van der Waals surface area contributed by atoms with Crippen LogP contribution in [0.4, 0.5) is 0 Å². The van der Waals surface area contributed by atoms with Crippen molar-refractivity contribution in [2.24, 2.45) is 0 Å². The lowest BCUT2D eigenvalue weighted by Crippen LogP contribution is -2.35. The Morgan fingerprint density at radius 1 is 1.23 bits per heavy atom.